The van der Waals surface area contributed by atoms with Crippen LogP contribution in [0.1, 0.15) is 32.1 Å². The number of hydrogen-bond acceptors (Lipinski definition) is 4. The summed E-state index contributed by atoms with van der Waals surface area (Å²) in [6.07, 6.45) is 5.43. The van der Waals surface area contributed by atoms with Gasteiger partial charge in [-0.05, 0) is 32.2 Å². The largest absolute Gasteiger partial charge is 0.385 e. The van der Waals surface area contributed by atoms with Gasteiger partial charge in [-0.2, -0.15) is 0 Å². The van der Waals surface area contributed by atoms with Gasteiger partial charge in [-0.15, -0.1) is 0 Å². The third kappa shape index (κ3) is 3.22. The molecule has 2 aliphatic heterocycles. The van der Waals surface area contributed by atoms with Crippen LogP contribution < -0.4 is 11.1 Å². The predicted octanol–water partition coefficient (Wildman–Crippen LogP) is 0.0932. The summed E-state index contributed by atoms with van der Waals surface area (Å²) < 4.78 is 4.95. The molecule has 1 amide bonds. The molecule has 18 heavy (non-hydrogen) atoms. The van der Waals surface area contributed by atoms with E-state index in [4.69, 9.17) is 10.5 Å². The topological polar surface area (TPSA) is 67.6 Å². The molecule has 2 fully saturated rings. The van der Waals surface area contributed by atoms with E-state index < -0.39 is 6.04 Å². The monoisotopic (exact) mass is 255 g/mol. The molecule has 2 heterocycles. The number of rotatable bonds is 5. The Hall–Kier alpha value is -0.650. The fraction of sp³-hybridized carbons (Fsp3) is 0.923. The maximum Gasteiger partial charge on any atom is 0.237 e. The van der Waals surface area contributed by atoms with Crippen LogP contribution in [0.25, 0.3) is 0 Å². The van der Waals surface area contributed by atoms with Crippen molar-refractivity contribution in [1.29, 1.82) is 0 Å². The lowest BCUT2D eigenvalue weighted by Crippen LogP contribution is -2.51. The molecule has 104 valence electrons. The molecule has 0 aromatic heterocycles. The highest BCUT2D eigenvalue weighted by atomic mass is 16.5. The molecule has 3 N–H and O–H groups in total. The van der Waals surface area contributed by atoms with Crippen LogP contribution in [0.3, 0.4) is 0 Å². The van der Waals surface area contributed by atoms with Crippen LogP contribution in [0.2, 0.25) is 0 Å². The van der Waals surface area contributed by atoms with E-state index in [9.17, 15) is 4.79 Å². The van der Waals surface area contributed by atoms with Crippen molar-refractivity contribution in [3.63, 3.8) is 0 Å². The molecular weight excluding hydrogens is 230 g/mol. The lowest BCUT2D eigenvalue weighted by atomic mass is 9.98. The molecule has 0 radical (unpaired) electrons. The molecule has 3 atom stereocenters. The molecule has 2 saturated heterocycles. The highest BCUT2D eigenvalue weighted by Gasteiger charge is 2.36. The molecule has 0 aliphatic carbocycles. The molecule has 0 saturated carbocycles. The summed E-state index contributed by atoms with van der Waals surface area (Å²) in [6, 6.07) is 0.395. The minimum absolute atomic E-state index is 0.0236. The van der Waals surface area contributed by atoms with E-state index >= 15 is 0 Å². The number of carbonyl (C=O) groups is 1. The summed E-state index contributed by atoms with van der Waals surface area (Å²) in [7, 11) is 1.63. The molecular formula is C13H25N3O2. The fourth-order valence-corrected chi connectivity index (χ4v) is 3.08. The smallest absolute Gasteiger partial charge is 0.237 e. The lowest BCUT2D eigenvalue weighted by molar-refractivity contribution is -0.123. The van der Waals surface area contributed by atoms with E-state index in [1.807, 2.05) is 0 Å². The second-order valence-electron chi connectivity index (χ2n) is 5.39. The van der Waals surface area contributed by atoms with E-state index in [0.717, 1.165) is 13.0 Å². The third-order valence-corrected chi connectivity index (χ3v) is 4.15. The lowest BCUT2D eigenvalue weighted by Gasteiger charge is -2.32. The van der Waals surface area contributed by atoms with Crippen molar-refractivity contribution in [3.05, 3.63) is 0 Å². The summed E-state index contributed by atoms with van der Waals surface area (Å²) in [4.78, 5) is 14.5. The van der Waals surface area contributed by atoms with Gasteiger partial charge in [0.15, 0.2) is 0 Å². The minimum Gasteiger partial charge on any atom is -0.385 e. The van der Waals surface area contributed by atoms with Crippen molar-refractivity contribution in [3.8, 4) is 0 Å². The van der Waals surface area contributed by atoms with Gasteiger partial charge in [-0.25, -0.2) is 0 Å². The molecule has 0 bridgehead atoms. The summed E-state index contributed by atoms with van der Waals surface area (Å²) in [5.41, 5.74) is 5.84. The Morgan fingerprint density at radius 3 is 3.06 bits per heavy atom. The van der Waals surface area contributed by atoms with Crippen LogP contribution in [-0.4, -0.2) is 55.7 Å². The zero-order valence-electron chi connectivity index (χ0n) is 11.2. The van der Waals surface area contributed by atoms with Gasteiger partial charge in [0.05, 0.1) is 6.04 Å². The Morgan fingerprint density at radius 2 is 2.28 bits per heavy atom. The van der Waals surface area contributed by atoms with Crippen LogP contribution in [0.5, 0.6) is 0 Å². The van der Waals surface area contributed by atoms with Crippen molar-refractivity contribution < 1.29 is 9.53 Å². The SMILES string of the molecule is COCCC(N)C(=O)NC1CCN2CCCCC12. The predicted molar refractivity (Wildman–Crippen MR) is 70.2 cm³/mol. The average molecular weight is 255 g/mol. The van der Waals surface area contributed by atoms with Gasteiger partial charge in [0.2, 0.25) is 5.91 Å². The highest BCUT2D eigenvalue weighted by molar-refractivity contribution is 5.81. The van der Waals surface area contributed by atoms with Gasteiger partial charge in [0.25, 0.3) is 0 Å². The molecule has 3 unspecified atom stereocenters. The number of methoxy groups -OCH3 is 1. The van der Waals surface area contributed by atoms with Gasteiger partial charge < -0.3 is 15.8 Å². The number of nitrogens with two attached hydrogens (primary N) is 1. The van der Waals surface area contributed by atoms with E-state index in [2.05, 4.69) is 10.2 Å². The first kappa shape index (κ1) is 13.8. The van der Waals surface area contributed by atoms with E-state index in [-0.39, 0.29) is 5.91 Å². The van der Waals surface area contributed by atoms with Crippen LogP contribution in [0, 0.1) is 0 Å². The normalized spacial score (nSPS) is 29.9. The quantitative estimate of drug-likeness (QED) is 0.731. The van der Waals surface area contributed by atoms with Gasteiger partial charge in [-0.1, -0.05) is 6.42 Å². The van der Waals surface area contributed by atoms with Crippen molar-refractivity contribution in [2.24, 2.45) is 5.73 Å². The Kier molecular flexibility index (Phi) is 4.97. The third-order valence-electron chi connectivity index (χ3n) is 4.15. The Bertz CT molecular complexity index is 285. The summed E-state index contributed by atoms with van der Waals surface area (Å²) >= 11 is 0. The average Bonchev–Trinajstić information content (AvgIpc) is 2.79. The van der Waals surface area contributed by atoms with Gasteiger partial charge in [0, 0.05) is 32.3 Å². The molecule has 0 aromatic carbocycles. The first-order valence-corrected chi connectivity index (χ1v) is 7.01. The maximum atomic E-state index is 12.0. The fourth-order valence-electron chi connectivity index (χ4n) is 3.08. The highest BCUT2D eigenvalue weighted by Crippen LogP contribution is 2.27. The maximum absolute atomic E-state index is 12.0. The van der Waals surface area contributed by atoms with Gasteiger partial charge in [0.1, 0.15) is 0 Å². The molecule has 0 aromatic rings. The van der Waals surface area contributed by atoms with E-state index in [1.54, 1.807) is 7.11 Å². The second kappa shape index (κ2) is 6.50. The molecule has 5 heteroatoms. The zero-order valence-corrected chi connectivity index (χ0v) is 11.2. The number of carbonyl (C=O) groups excluding carboxylic acids is 1. The molecule has 0 spiro atoms. The Balaban J connectivity index is 1.80. The second-order valence-corrected chi connectivity index (χ2v) is 5.39. The standard InChI is InChI=1S/C13H25N3O2/c1-18-9-6-10(14)13(17)15-11-5-8-16-7-3-2-4-12(11)16/h10-12H,2-9,14H2,1H3,(H,15,17). The number of nitrogens with one attached hydrogen (secondary N) is 1. The molecule has 2 aliphatic rings. The zero-order chi connectivity index (χ0) is 13.0. The summed E-state index contributed by atoms with van der Waals surface area (Å²) in [5, 5.41) is 3.13. The minimum atomic E-state index is -0.442. The number of nitrogens with zero attached hydrogens (tertiary/aromatic N) is 1. The Labute approximate surface area is 109 Å². The summed E-state index contributed by atoms with van der Waals surface area (Å²) in [5.74, 6) is -0.0236. The number of hydrogen-bond donors (Lipinski definition) is 2. The van der Waals surface area contributed by atoms with Crippen molar-refractivity contribution in [2.45, 2.75) is 50.2 Å². The van der Waals surface area contributed by atoms with Gasteiger partial charge in [-0.3, -0.25) is 9.69 Å². The van der Waals surface area contributed by atoms with Gasteiger partial charge >= 0.3 is 0 Å². The number of ether oxygens (including phenoxy) is 1. The van der Waals surface area contributed by atoms with Crippen molar-refractivity contribution in [2.75, 3.05) is 26.8 Å². The number of fused-ring (bicyclic) bond motifs is 1. The van der Waals surface area contributed by atoms with E-state index in [0.29, 0.717) is 25.1 Å². The van der Waals surface area contributed by atoms with Crippen LogP contribution in [-0.2, 0) is 9.53 Å². The van der Waals surface area contributed by atoms with Crippen molar-refractivity contribution in [1.82, 2.24) is 10.2 Å². The molecule has 2 rings (SSSR count). The molecule has 5 nitrogen and oxygen atoms in total. The van der Waals surface area contributed by atoms with Crippen molar-refractivity contribution >= 4 is 5.91 Å². The van der Waals surface area contributed by atoms with Crippen LogP contribution in [0.15, 0.2) is 0 Å². The Morgan fingerprint density at radius 1 is 1.44 bits per heavy atom. The van der Waals surface area contributed by atoms with Crippen LogP contribution in [0.4, 0.5) is 0 Å². The first-order valence-electron chi connectivity index (χ1n) is 7.01. The number of amides is 1. The van der Waals surface area contributed by atoms with Crippen LogP contribution >= 0.6 is 0 Å². The number of piperidine rings is 1. The summed E-state index contributed by atoms with van der Waals surface area (Å²) in [6.45, 7) is 2.84. The first-order chi connectivity index (χ1) is 8.72. The van der Waals surface area contributed by atoms with E-state index in [1.165, 1.54) is 25.8 Å².